The molecular weight excluding hydrogens is 318 g/mol. The van der Waals surface area contributed by atoms with Crippen molar-refractivity contribution in [3.8, 4) is 11.7 Å². The Hall–Kier alpha value is -3.22. The predicted molar refractivity (Wildman–Crippen MR) is 92.0 cm³/mol. The van der Waals surface area contributed by atoms with Crippen LogP contribution in [0, 0.1) is 6.92 Å². The molecule has 0 fully saturated rings. The van der Waals surface area contributed by atoms with Crippen molar-refractivity contribution in [3.05, 3.63) is 59.3 Å². The van der Waals surface area contributed by atoms with E-state index >= 15 is 0 Å². The van der Waals surface area contributed by atoms with E-state index < -0.39 is 0 Å². The second kappa shape index (κ2) is 6.01. The van der Waals surface area contributed by atoms with Gasteiger partial charge in [-0.1, -0.05) is 30.3 Å². The number of nitrogens with one attached hydrogen (secondary N) is 1. The first kappa shape index (κ1) is 15.3. The number of rotatable bonds is 3. The highest BCUT2D eigenvalue weighted by Gasteiger charge is 2.32. The van der Waals surface area contributed by atoms with Crippen molar-refractivity contribution in [2.24, 2.45) is 0 Å². The summed E-state index contributed by atoms with van der Waals surface area (Å²) in [7, 11) is 1.54. The third-order valence-corrected chi connectivity index (χ3v) is 4.36. The molecule has 3 heterocycles. The molecule has 3 aromatic rings. The van der Waals surface area contributed by atoms with E-state index in [1.807, 2.05) is 37.3 Å². The first-order valence-corrected chi connectivity index (χ1v) is 8.00. The van der Waals surface area contributed by atoms with Crippen LogP contribution in [0.1, 0.15) is 29.2 Å². The molecule has 0 saturated carbocycles. The molecule has 0 aliphatic carbocycles. The van der Waals surface area contributed by atoms with Crippen LogP contribution in [0.4, 0.5) is 5.82 Å². The highest BCUT2D eigenvalue weighted by atomic mass is 16.5. The lowest BCUT2D eigenvalue weighted by atomic mass is 9.86. The minimum atomic E-state index is -0.0380. The Balaban J connectivity index is 1.84. The number of benzene rings is 1. The molecule has 2 aromatic heterocycles. The van der Waals surface area contributed by atoms with E-state index in [-0.39, 0.29) is 11.8 Å². The Morgan fingerprint density at radius 1 is 1.16 bits per heavy atom. The van der Waals surface area contributed by atoms with Crippen molar-refractivity contribution >= 4 is 11.7 Å². The fraction of sp³-hybridized carbons (Fsp3) is 0.222. The van der Waals surface area contributed by atoms with Crippen molar-refractivity contribution in [2.45, 2.75) is 19.3 Å². The van der Waals surface area contributed by atoms with Crippen molar-refractivity contribution in [2.75, 3.05) is 12.4 Å². The van der Waals surface area contributed by atoms with Gasteiger partial charge >= 0.3 is 0 Å². The molecule has 0 spiro atoms. The van der Waals surface area contributed by atoms with Gasteiger partial charge in [0.15, 0.2) is 5.82 Å². The number of aromatic nitrogens is 4. The van der Waals surface area contributed by atoms with E-state index in [0.717, 1.165) is 16.8 Å². The molecule has 1 amide bonds. The Bertz CT molecular complexity index is 919. The summed E-state index contributed by atoms with van der Waals surface area (Å²) in [6.07, 6.45) is 0.401. The number of carbonyl (C=O) groups excluding carboxylic acids is 1. The number of hydrogen-bond acceptors (Lipinski definition) is 5. The smallest absolute Gasteiger partial charge is 0.233 e. The van der Waals surface area contributed by atoms with Gasteiger partial charge in [0.2, 0.25) is 11.8 Å². The minimum Gasteiger partial charge on any atom is -0.480 e. The van der Waals surface area contributed by atoms with Crippen LogP contribution in [0.3, 0.4) is 0 Å². The molecule has 1 aliphatic heterocycles. The third-order valence-electron chi connectivity index (χ3n) is 4.36. The van der Waals surface area contributed by atoms with Crippen molar-refractivity contribution in [1.82, 2.24) is 20.0 Å². The van der Waals surface area contributed by atoms with E-state index in [1.54, 1.807) is 16.8 Å². The van der Waals surface area contributed by atoms with Crippen LogP contribution in [0.15, 0.2) is 42.5 Å². The highest BCUT2D eigenvalue weighted by molar-refractivity contribution is 5.95. The van der Waals surface area contributed by atoms with Gasteiger partial charge in [-0.25, -0.2) is 0 Å². The number of amides is 1. The number of carbonyl (C=O) groups is 1. The molecule has 1 atom stereocenters. The van der Waals surface area contributed by atoms with Crippen molar-refractivity contribution in [3.63, 3.8) is 0 Å². The molecule has 25 heavy (non-hydrogen) atoms. The first-order chi connectivity index (χ1) is 12.2. The van der Waals surface area contributed by atoms with Crippen LogP contribution >= 0.6 is 0 Å². The van der Waals surface area contributed by atoms with Gasteiger partial charge in [-0.05, 0) is 18.6 Å². The van der Waals surface area contributed by atoms with Crippen LogP contribution in [0.5, 0.6) is 5.88 Å². The average molecular weight is 335 g/mol. The molecule has 1 N–H and O–H groups in total. The second-order valence-electron chi connectivity index (χ2n) is 5.91. The molecule has 1 aromatic carbocycles. The molecule has 4 rings (SSSR count). The largest absolute Gasteiger partial charge is 0.480 e. The van der Waals surface area contributed by atoms with Gasteiger partial charge in [0.05, 0.1) is 12.8 Å². The zero-order valence-corrected chi connectivity index (χ0v) is 13.9. The van der Waals surface area contributed by atoms with E-state index in [9.17, 15) is 4.79 Å². The number of aryl methyl sites for hydroxylation is 1. The Kier molecular flexibility index (Phi) is 3.68. The maximum absolute atomic E-state index is 12.3. The summed E-state index contributed by atoms with van der Waals surface area (Å²) >= 11 is 0. The van der Waals surface area contributed by atoms with Gasteiger partial charge in [-0.3, -0.25) is 4.79 Å². The molecule has 7 heteroatoms. The van der Waals surface area contributed by atoms with Crippen LogP contribution < -0.4 is 10.1 Å². The molecule has 0 unspecified atom stereocenters. The lowest BCUT2D eigenvalue weighted by Gasteiger charge is -2.24. The van der Waals surface area contributed by atoms with Gasteiger partial charge in [-0.2, -0.15) is 9.78 Å². The third kappa shape index (κ3) is 2.63. The number of methoxy groups -OCH3 is 1. The van der Waals surface area contributed by atoms with E-state index in [0.29, 0.717) is 23.9 Å². The molecule has 0 saturated heterocycles. The van der Waals surface area contributed by atoms with Gasteiger partial charge in [0.25, 0.3) is 0 Å². The summed E-state index contributed by atoms with van der Waals surface area (Å²) in [6.45, 7) is 1.94. The molecule has 126 valence electrons. The second-order valence-corrected chi connectivity index (χ2v) is 5.91. The predicted octanol–water partition coefficient (Wildman–Crippen LogP) is 2.45. The van der Waals surface area contributed by atoms with Gasteiger partial charge in [0.1, 0.15) is 5.82 Å². The molecule has 7 nitrogen and oxygen atoms in total. The van der Waals surface area contributed by atoms with Crippen LogP contribution in [-0.4, -0.2) is 33.0 Å². The van der Waals surface area contributed by atoms with Crippen LogP contribution in [-0.2, 0) is 4.79 Å². The molecule has 0 radical (unpaired) electrons. The van der Waals surface area contributed by atoms with Gasteiger partial charge < -0.3 is 10.1 Å². The summed E-state index contributed by atoms with van der Waals surface area (Å²) in [5.74, 6) is 1.54. The Morgan fingerprint density at radius 3 is 2.64 bits per heavy atom. The number of nitrogens with zero attached hydrogens (tertiary/aromatic N) is 4. The van der Waals surface area contributed by atoms with Crippen molar-refractivity contribution in [1.29, 1.82) is 0 Å². The zero-order valence-electron chi connectivity index (χ0n) is 13.9. The topological polar surface area (TPSA) is 81.9 Å². The summed E-state index contributed by atoms with van der Waals surface area (Å²) in [5, 5.41) is 15.6. The molecular formula is C18H17N5O2. The molecule has 0 bridgehead atoms. The van der Waals surface area contributed by atoms with E-state index in [2.05, 4.69) is 20.6 Å². The van der Waals surface area contributed by atoms with Crippen molar-refractivity contribution < 1.29 is 9.53 Å². The summed E-state index contributed by atoms with van der Waals surface area (Å²) < 4.78 is 6.67. The Morgan fingerprint density at radius 2 is 1.96 bits per heavy atom. The standard InChI is InChI=1S/C18H17N5O2/c1-11-17-13(12-6-4-3-5-7-12)10-15(24)19-18(17)23(22-11)14-8-9-16(25-2)21-20-14/h3-9,13H,10H2,1-2H3,(H,19,24)/t13-/m0/s1. The molecule has 1 aliphatic rings. The summed E-state index contributed by atoms with van der Waals surface area (Å²) in [4.78, 5) is 12.3. The fourth-order valence-electron chi connectivity index (χ4n) is 3.22. The minimum absolute atomic E-state index is 0.0232. The maximum Gasteiger partial charge on any atom is 0.233 e. The van der Waals surface area contributed by atoms with Gasteiger partial charge in [0, 0.05) is 24.0 Å². The van der Waals surface area contributed by atoms with Gasteiger partial charge in [-0.15, -0.1) is 10.2 Å². The normalized spacial score (nSPS) is 16.2. The lowest BCUT2D eigenvalue weighted by Crippen LogP contribution is -2.25. The van der Waals surface area contributed by atoms with E-state index in [1.165, 1.54) is 7.11 Å². The first-order valence-electron chi connectivity index (χ1n) is 8.00. The van der Waals surface area contributed by atoms with Crippen LogP contribution in [0.25, 0.3) is 5.82 Å². The number of anilines is 1. The summed E-state index contributed by atoms with van der Waals surface area (Å²) in [5.41, 5.74) is 2.98. The Labute approximate surface area is 144 Å². The quantitative estimate of drug-likeness (QED) is 0.795. The lowest BCUT2D eigenvalue weighted by molar-refractivity contribution is -0.116. The van der Waals surface area contributed by atoms with Crippen LogP contribution in [0.2, 0.25) is 0 Å². The SMILES string of the molecule is COc1ccc(-n2nc(C)c3c2NC(=O)C[C@H]3c2ccccc2)nn1. The maximum atomic E-state index is 12.3. The number of fused-ring (bicyclic) bond motifs is 1. The number of ether oxygens (including phenoxy) is 1. The average Bonchev–Trinajstić information content (AvgIpc) is 2.98. The number of hydrogen-bond donors (Lipinski definition) is 1. The van der Waals surface area contributed by atoms with E-state index in [4.69, 9.17) is 4.74 Å². The zero-order chi connectivity index (χ0) is 17.4. The highest BCUT2D eigenvalue weighted by Crippen LogP contribution is 2.39. The fourth-order valence-corrected chi connectivity index (χ4v) is 3.22. The monoisotopic (exact) mass is 335 g/mol. The summed E-state index contributed by atoms with van der Waals surface area (Å²) in [6, 6.07) is 13.5.